The van der Waals surface area contributed by atoms with Crippen molar-refractivity contribution < 1.29 is 4.79 Å². The zero-order valence-corrected chi connectivity index (χ0v) is 14.8. The molecule has 128 valence electrons. The van der Waals surface area contributed by atoms with Gasteiger partial charge in [-0.15, -0.1) is 0 Å². The van der Waals surface area contributed by atoms with Crippen LogP contribution in [0.25, 0.3) is 0 Å². The summed E-state index contributed by atoms with van der Waals surface area (Å²) in [5.74, 6) is 0.670. The summed E-state index contributed by atoms with van der Waals surface area (Å²) in [4.78, 5) is 16.6. The Morgan fingerprint density at radius 2 is 2.09 bits per heavy atom. The van der Waals surface area contributed by atoms with Crippen LogP contribution in [-0.2, 0) is 6.42 Å². The minimum Gasteiger partial charge on any atom is -0.336 e. The summed E-state index contributed by atoms with van der Waals surface area (Å²) < 4.78 is 0. The van der Waals surface area contributed by atoms with Crippen molar-refractivity contribution in [1.82, 2.24) is 15.1 Å². The van der Waals surface area contributed by atoms with Gasteiger partial charge in [0.15, 0.2) is 0 Å². The van der Waals surface area contributed by atoms with Crippen LogP contribution in [0.15, 0.2) is 30.3 Å². The number of likely N-dealkylation sites (tertiary alicyclic amines) is 1. The molecule has 1 aromatic carbocycles. The highest BCUT2D eigenvalue weighted by Gasteiger charge is 2.23. The normalized spacial score (nSPS) is 19.7. The molecule has 2 atom stereocenters. The number of amides is 2. The lowest BCUT2D eigenvalue weighted by atomic mass is 9.96. The number of rotatable bonds is 6. The molecule has 23 heavy (non-hydrogen) atoms. The van der Waals surface area contributed by atoms with Gasteiger partial charge in [0.05, 0.1) is 0 Å². The van der Waals surface area contributed by atoms with Crippen molar-refractivity contribution in [3.05, 3.63) is 35.9 Å². The van der Waals surface area contributed by atoms with Crippen molar-refractivity contribution in [2.75, 3.05) is 33.7 Å². The SMILES string of the molecule is CCC1CCCN(C(=O)NCC(Cc2ccccc2)N(C)C)C1. The number of hydrogen-bond acceptors (Lipinski definition) is 2. The fourth-order valence-corrected chi connectivity index (χ4v) is 3.22. The first-order valence-corrected chi connectivity index (χ1v) is 8.83. The molecule has 1 saturated heterocycles. The monoisotopic (exact) mass is 317 g/mol. The number of piperidine rings is 1. The average Bonchev–Trinajstić information content (AvgIpc) is 2.59. The van der Waals surface area contributed by atoms with Crippen LogP contribution < -0.4 is 5.32 Å². The van der Waals surface area contributed by atoms with E-state index in [0.717, 1.165) is 32.4 Å². The van der Waals surface area contributed by atoms with Gasteiger partial charge in [-0.1, -0.05) is 43.7 Å². The number of likely N-dealkylation sites (N-methyl/N-ethyl adjacent to an activating group) is 1. The van der Waals surface area contributed by atoms with Gasteiger partial charge >= 0.3 is 6.03 Å². The number of carbonyl (C=O) groups is 1. The molecule has 4 heteroatoms. The van der Waals surface area contributed by atoms with E-state index in [1.54, 1.807) is 0 Å². The van der Waals surface area contributed by atoms with Crippen LogP contribution in [0, 0.1) is 5.92 Å². The summed E-state index contributed by atoms with van der Waals surface area (Å²) in [5, 5.41) is 3.14. The van der Waals surface area contributed by atoms with Crippen LogP contribution in [-0.4, -0.2) is 55.6 Å². The van der Waals surface area contributed by atoms with Gasteiger partial charge in [-0.2, -0.15) is 0 Å². The summed E-state index contributed by atoms with van der Waals surface area (Å²) >= 11 is 0. The first-order chi connectivity index (χ1) is 11.1. The largest absolute Gasteiger partial charge is 0.336 e. The maximum atomic E-state index is 12.4. The number of hydrogen-bond donors (Lipinski definition) is 1. The fraction of sp³-hybridized carbons (Fsp3) is 0.632. The predicted octanol–water partition coefficient (Wildman–Crippen LogP) is 2.99. The molecule has 0 aliphatic carbocycles. The first-order valence-electron chi connectivity index (χ1n) is 8.83. The van der Waals surface area contributed by atoms with Crippen LogP contribution in [0.1, 0.15) is 31.7 Å². The molecular formula is C19H31N3O. The third-order valence-corrected chi connectivity index (χ3v) is 4.92. The lowest BCUT2D eigenvalue weighted by molar-refractivity contribution is 0.160. The summed E-state index contributed by atoms with van der Waals surface area (Å²) in [7, 11) is 4.15. The molecule has 1 aliphatic heterocycles. The third kappa shape index (κ3) is 5.54. The van der Waals surface area contributed by atoms with Gasteiger partial charge < -0.3 is 15.1 Å². The number of urea groups is 1. The third-order valence-electron chi connectivity index (χ3n) is 4.92. The molecule has 0 radical (unpaired) electrons. The zero-order valence-electron chi connectivity index (χ0n) is 14.8. The van der Waals surface area contributed by atoms with Gasteiger partial charge in [-0.25, -0.2) is 4.79 Å². The Hall–Kier alpha value is -1.55. The summed E-state index contributed by atoms with van der Waals surface area (Å²) in [6.45, 7) is 4.71. The van der Waals surface area contributed by atoms with Gasteiger partial charge in [-0.05, 0) is 44.8 Å². The predicted molar refractivity (Wildman–Crippen MR) is 95.6 cm³/mol. The quantitative estimate of drug-likeness (QED) is 0.875. The highest BCUT2D eigenvalue weighted by molar-refractivity contribution is 5.74. The van der Waals surface area contributed by atoms with Gasteiger partial charge in [0.2, 0.25) is 0 Å². The Morgan fingerprint density at radius 1 is 1.35 bits per heavy atom. The van der Waals surface area contributed by atoms with E-state index in [-0.39, 0.29) is 6.03 Å². The van der Waals surface area contributed by atoms with Gasteiger partial charge in [-0.3, -0.25) is 0 Å². The molecule has 0 saturated carbocycles. The maximum Gasteiger partial charge on any atom is 0.317 e. The topological polar surface area (TPSA) is 35.6 Å². The van der Waals surface area contributed by atoms with Crippen LogP contribution in [0.5, 0.6) is 0 Å². The molecule has 4 nitrogen and oxygen atoms in total. The average molecular weight is 317 g/mol. The van der Waals surface area contributed by atoms with E-state index in [4.69, 9.17) is 0 Å². The minimum absolute atomic E-state index is 0.100. The van der Waals surface area contributed by atoms with Crippen molar-refractivity contribution in [2.45, 2.75) is 38.6 Å². The maximum absolute atomic E-state index is 12.4. The second-order valence-electron chi connectivity index (χ2n) is 6.86. The van der Waals surface area contributed by atoms with Gasteiger partial charge in [0.1, 0.15) is 0 Å². The Labute approximate surface area is 140 Å². The van der Waals surface area contributed by atoms with Crippen LogP contribution >= 0.6 is 0 Å². The lowest BCUT2D eigenvalue weighted by Gasteiger charge is -2.33. The number of nitrogens with zero attached hydrogens (tertiary/aromatic N) is 2. The van der Waals surface area contributed by atoms with E-state index >= 15 is 0 Å². The van der Waals surface area contributed by atoms with E-state index in [2.05, 4.69) is 55.5 Å². The molecule has 2 rings (SSSR count). The van der Waals surface area contributed by atoms with Crippen molar-refractivity contribution in [3.8, 4) is 0 Å². The minimum atomic E-state index is 0.100. The molecule has 1 fully saturated rings. The zero-order chi connectivity index (χ0) is 16.7. The molecule has 2 unspecified atom stereocenters. The Morgan fingerprint density at radius 3 is 2.74 bits per heavy atom. The standard InChI is InChI=1S/C19H31N3O/c1-4-16-11-8-12-22(15-16)19(23)20-14-18(21(2)3)13-17-9-6-5-7-10-17/h5-7,9-10,16,18H,4,8,11-15H2,1-3H3,(H,20,23). The highest BCUT2D eigenvalue weighted by atomic mass is 16.2. The van der Waals surface area contributed by atoms with E-state index < -0.39 is 0 Å². The second-order valence-corrected chi connectivity index (χ2v) is 6.86. The van der Waals surface area contributed by atoms with Crippen LogP contribution in [0.3, 0.4) is 0 Å². The van der Waals surface area contributed by atoms with Crippen molar-refractivity contribution in [1.29, 1.82) is 0 Å². The van der Waals surface area contributed by atoms with Crippen molar-refractivity contribution in [2.24, 2.45) is 5.92 Å². The molecule has 1 aromatic rings. The second kappa shape index (κ2) is 8.92. The van der Waals surface area contributed by atoms with E-state index in [0.29, 0.717) is 18.5 Å². The van der Waals surface area contributed by atoms with E-state index in [1.807, 2.05) is 11.0 Å². The first kappa shape index (κ1) is 17.8. The van der Waals surface area contributed by atoms with Crippen molar-refractivity contribution in [3.63, 3.8) is 0 Å². The van der Waals surface area contributed by atoms with E-state index in [1.165, 1.54) is 12.0 Å². The number of nitrogens with one attached hydrogen (secondary N) is 1. The summed E-state index contributed by atoms with van der Waals surface area (Å²) in [6, 6.07) is 10.9. The molecular weight excluding hydrogens is 286 g/mol. The molecule has 1 N–H and O–H groups in total. The molecule has 0 aromatic heterocycles. The van der Waals surface area contributed by atoms with Crippen LogP contribution in [0.2, 0.25) is 0 Å². The van der Waals surface area contributed by atoms with Gasteiger partial charge in [0, 0.05) is 25.7 Å². The Kier molecular flexibility index (Phi) is 6.90. The molecule has 0 bridgehead atoms. The molecule has 0 spiro atoms. The number of benzene rings is 1. The molecule has 2 amide bonds. The fourth-order valence-electron chi connectivity index (χ4n) is 3.22. The van der Waals surface area contributed by atoms with E-state index in [9.17, 15) is 4.79 Å². The summed E-state index contributed by atoms with van der Waals surface area (Å²) in [6.07, 6.45) is 4.51. The van der Waals surface area contributed by atoms with Crippen molar-refractivity contribution >= 4 is 6.03 Å². The smallest absolute Gasteiger partial charge is 0.317 e. The van der Waals surface area contributed by atoms with Gasteiger partial charge in [0.25, 0.3) is 0 Å². The molecule has 1 aliphatic rings. The molecule has 1 heterocycles. The number of carbonyl (C=O) groups excluding carboxylic acids is 1. The Balaban J connectivity index is 1.84. The Bertz CT molecular complexity index is 475. The lowest BCUT2D eigenvalue weighted by Crippen LogP contribution is -2.49. The van der Waals surface area contributed by atoms with Crippen LogP contribution in [0.4, 0.5) is 4.79 Å². The summed E-state index contributed by atoms with van der Waals surface area (Å²) in [5.41, 5.74) is 1.31. The highest BCUT2D eigenvalue weighted by Crippen LogP contribution is 2.19.